The van der Waals surface area contributed by atoms with Crippen LogP contribution in [-0.4, -0.2) is 39.9 Å². The fourth-order valence-electron chi connectivity index (χ4n) is 3.24. The van der Waals surface area contributed by atoms with E-state index in [-0.39, 0.29) is 43.3 Å². The summed E-state index contributed by atoms with van der Waals surface area (Å²) in [5.41, 5.74) is 1.35. The van der Waals surface area contributed by atoms with Gasteiger partial charge in [-0.3, -0.25) is 4.79 Å². The molecule has 0 bridgehead atoms. The first kappa shape index (κ1) is 20.6. The Morgan fingerprint density at radius 3 is 2.55 bits per heavy atom. The van der Waals surface area contributed by atoms with Crippen LogP contribution in [0.3, 0.4) is 0 Å². The second-order valence-electron chi connectivity index (χ2n) is 7.08. The molecule has 2 aromatic heterocycles. The van der Waals surface area contributed by atoms with Crippen LogP contribution in [0.5, 0.6) is 0 Å². The third-order valence-corrected chi connectivity index (χ3v) is 4.85. The highest BCUT2D eigenvalue weighted by Gasteiger charge is 2.34. The quantitative estimate of drug-likeness (QED) is 0.592. The van der Waals surface area contributed by atoms with Gasteiger partial charge in [0.25, 0.3) is 11.8 Å². The summed E-state index contributed by atoms with van der Waals surface area (Å²) in [5.74, 6) is -3.83. The van der Waals surface area contributed by atoms with Gasteiger partial charge in [-0.15, -0.1) is 0 Å². The van der Waals surface area contributed by atoms with Gasteiger partial charge < -0.3 is 15.5 Å². The number of anilines is 4. The first-order valence-corrected chi connectivity index (χ1v) is 9.64. The van der Waals surface area contributed by atoms with E-state index in [1.165, 1.54) is 18.5 Å². The molecular formula is C21H19F3N6O. The average Bonchev–Trinajstić information content (AvgIpc) is 2.76. The average molecular weight is 428 g/mol. The number of hydrogen-bond acceptors (Lipinski definition) is 6. The molecule has 0 saturated carbocycles. The van der Waals surface area contributed by atoms with Crippen molar-refractivity contribution in [1.29, 1.82) is 0 Å². The molecule has 31 heavy (non-hydrogen) atoms. The fourth-order valence-corrected chi connectivity index (χ4v) is 3.24. The number of halogens is 3. The molecule has 1 fully saturated rings. The van der Waals surface area contributed by atoms with Crippen molar-refractivity contribution in [2.45, 2.75) is 18.8 Å². The van der Waals surface area contributed by atoms with E-state index in [1.807, 2.05) is 30.3 Å². The van der Waals surface area contributed by atoms with Crippen LogP contribution < -0.4 is 15.5 Å². The zero-order valence-corrected chi connectivity index (χ0v) is 16.4. The zero-order valence-electron chi connectivity index (χ0n) is 16.4. The van der Waals surface area contributed by atoms with E-state index >= 15 is 0 Å². The third kappa shape index (κ3) is 5.08. The number of piperidine rings is 1. The summed E-state index contributed by atoms with van der Waals surface area (Å²) in [6.07, 6.45) is 1.92. The number of nitrogens with zero attached hydrogens (tertiary/aromatic N) is 4. The van der Waals surface area contributed by atoms with Crippen LogP contribution in [0, 0.1) is 5.95 Å². The van der Waals surface area contributed by atoms with Gasteiger partial charge in [0, 0.05) is 43.9 Å². The van der Waals surface area contributed by atoms with Gasteiger partial charge in [-0.25, -0.2) is 23.7 Å². The second kappa shape index (κ2) is 8.58. The van der Waals surface area contributed by atoms with Gasteiger partial charge in [-0.2, -0.15) is 4.39 Å². The minimum Gasteiger partial charge on any atom is -0.369 e. The molecule has 4 rings (SSSR count). The molecule has 0 atom stereocenters. The van der Waals surface area contributed by atoms with E-state index in [1.54, 1.807) is 4.90 Å². The molecule has 3 aromatic rings. The van der Waals surface area contributed by atoms with Gasteiger partial charge >= 0.3 is 0 Å². The molecule has 160 valence electrons. The predicted molar refractivity (Wildman–Crippen MR) is 110 cm³/mol. The number of amides is 1. The number of carbonyl (C=O) groups excluding carboxylic acids is 1. The molecule has 7 nitrogen and oxygen atoms in total. The van der Waals surface area contributed by atoms with Crippen LogP contribution >= 0.6 is 0 Å². The van der Waals surface area contributed by atoms with Gasteiger partial charge in [0.2, 0.25) is 11.9 Å². The van der Waals surface area contributed by atoms with Gasteiger partial charge in [0.1, 0.15) is 5.69 Å². The summed E-state index contributed by atoms with van der Waals surface area (Å²) in [6.45, 7) is 0.0793. The summed E-state index contributed by atoms with van der Waals surface area (Å²) < 4.78 is 40.7. The molecular weight excluding hydrogens is 409 g/mol. The standard InChI is InChI=1S/C21H19F3N6O/c22-18-12-17(30-10-7-21(23,24)8-11-30)16(13-26-18)28-19(31)15-6-9-25-20(29-15)27-14-4-2-1-3-5-14/h1-6,9,12-13H,7-8,10-11H2,(H,28,31)(H,25,27,29). The van der Waals surface area contributed by atoms with Crippen LogP contribution in [0.1, 0.15) is 23.3 Å². The van der Waals surface area contributed by atoms with Crippen molar-refractivity contribution in [3.8, 4) is 0 Å². The highest BCUT2D eigenvalue weighted by atomic mass is 19.3. The van der Waals surface area contributed by atoms with E-state index in [0.29, 0.717) is 5.69 Å². The molecule has 1 aliphatic heterocycles. The van der Waals surface area contributed by atoms with Crippen molar-refractivity contribution < 1.29 is 18.0 Å². The van der Waals surface area contributed by atoms with Crippen LogP contribution in [0.2, 0.25) is 0 Å². The Kier molecular flexibility index (Phi) is 5.70. The topological polar surface area (TPSA) is 83.0 Å². The van der Waals surface area contributed by atoms with E-state index < -0.39 is 17.8 Å². The number of hydrogen-bond donors (Lipinski definition) is 2. The van der Waals surface area contributed by atoms with Gasteiger partial charge in [0.15, 0.2) is 0 Å². The molecule has 1 aromatic carbocycles. The summed E-state index contributed by atoms with van der Waals surface area (Å²) in [6, 6.07) is 11.8. The normalized spacial score (nSPS) is 15.4. The maximum Gasteiger partial charge on any atom is 0.274 e. The van der Waals surface area contributed by atoms with E-state index in [4.69, 9.17) is 0 Å². The Labute approximate surface area is 176 Å². The zero-order chi connectivity index (χ0) is 21.8. The Balaban J connectivity index is 1.52. The molecule has 1 amide bonds. The van der Waals surface area contributed by atoms with Crippen LogP contribution in [0.4, 0.5) is 36.2 Å². The summed E-state index contributed by atoms with van der Waals surface area (Å²) >= 11 is 0. The molecule has 3 heterocycles. The molecule has 1 saturated heterocycles. The van der Waals surface area contributed by atoms with Crippen LogP contribution in [0.15, 0.2) is 54.9 Å². The lowest BCUT2D eigenvalue weighted by Crippen LogP contribution is -2.39. The Morgan fingerprint density at radius 1 is 1.06 bits per heavy atom. The van der Waals surface area contributed by atoms with Crippen molar-refractivity contribution in [1.82, 2.24) is 15.0 Å². The smallest absolute Gasteiger partial charge is 0.274 e. The number of para-hydroxylation sites is 1. The van der Waals surface area contributed by atoms with Crippen molar-refractivity contribution in [3.05, 3.63) is 66.5 Å². The van der Waals surface area contributed by atoms with Crippen molar-refractivity contribution in [3.63, 3.8) is 0 Å². The molecule has 0 spiro atoms. The van der Waals surface area contributed by atoms with Crippen molar-refractivity contribution in [2.24, 2.45) is 0 Å². The van der Waals surface area contributed by atoms with E-state index in [0.717, 1.165) is 11.8 Å². The first-order valence-electron chi connectivity index (χ1n) is 9.64. The SMILES string of the molecule is O=C(Nc1cnc(F)cc1N1CCC(F)(F)CC1)c1ccnc(Nc2ccccc2)n1. The number of benzene rings is 1. The lowest BCUT2D eigenvalue weighted by Gasteiger charge is -2.34. The summed E-state index contributed by atoms with van der Waals surface area (Å²) in [7, 11) is 0. The molecule has 1 aliphatic rings. The molecule has 0 unspecified atom stereocenters. The van der Waals surface area contributed by atoms with Crippen LogP contribution in [0.25, 0.3) is 0 Å². The second-order valence-corrected chi connectivity index (χ2v) is 7.08. The Bertz CT molecular complexity index is 1070. The van der Waals surface area contributed by atoms with Crippen LogP contribution in [-0.2, 0) is 0 Å². The predicted octanol–water partition coefficient (Wildman–Crippen LogP) is 4.24. The largest absolute Gasteiger partial charge is 0.369 e. The maximum absolute atomic E-state index is 13.7. The van der Waals surface area contributed by atoms with E-state index in [2.05, 4.69) is 25.6 Å². The Hall–Kier alpha value is -3.69. The number of nitrogens with one attached hydrogen (secondary N) is 2. The number of alkyl halides is 2. The summed E-state index contributed by atoms with van der Waals surface area (Å²) in [4.78, 5) is 26.2. The van der Waals surface area contributed by atoms with Crippen molar-refractivity contribution in [2.75, 3.05) is 28.6 Å². The van der Waals surface area contributed by atoms with Gasteiger partial charge in [-0.1, -0.05) is 18.2 Å². The molecule has 0 radical (unpaired) electrons. The highest BCUT2D eigenvalue weighted by molar-refractivity contribution is 6.04. The number of pyridine rings is 1. The first-order chi connectivity index (χ1) is 14.9. The third-order valence-electron chi connectivity index (χ3n) is 4.85. The highest BCUT2D eigenvalue weighted by Crippen LogP contribution is 2.34. The summed E-state index contributed by atoms with van der Waals surface area (Å²) in [5, 5.41) is 5.65. The molecule has 0 aliphatic carbocycles. The number of carbonyl (C=O) groups is 1. The van der Waals surface area contributed by atoms with E-state index in [9.17, 15) is 18.0 Å². The van der Waals surface area contributed by atoms with Crippen molar-refractivity contribution >= 4 is 28.9 Å². The fraction of sp³-hybridized carbons (Fsp3) is 0.238. The maximum atomic E-state index is 13.7. The van der Waals surface area contributed by atoms with Gasteiger partial charge in [-0.05, 0) is 18.2 Å². The monoisotopic (exact) mass is 428 g/mol. The molecule has 10 heteroatoms. The number of aromatic nitrogens is 3. The lowest BCUT2D eigenvalue weighted by molar-refractivity contribution is -0.0220. The minimum absolute atomic E-state index is 0.0397. The molecule has 2 N–H and O–H groups in total. The van der Waals surface area contributed by atoms with Gasteiger partial charge in [0.05, 0.1) is 17.6 Å². The lowest BCUT2D eigenvalue weighted by atomic mass is 10.1. The number of rotatable bonds is 5. The minimum atomic E-state index is -2.74. The Morgan fingerprint density at radius 2 is 1.81 bits per heavy atom.